The second kappa shape index (κ2) is 3.23. The number of carbonyl (C=O) groups is 1. The van der Waals surface area contributed by atoms with Crippen LogP contribution in [0.3, 0.4) is 0 Å². The predicted octanol–water partition coefficient (Wildman–Crippen LogP) is 2.60. The van der Waals surface area contributed by atoms with Crippen LogP contribution < -0.4 is 0 Å². The van der Waals surface area contributed by atoms with Crippen molar-refractivity contribution in [3.8, 4) is 0 Å². The molecule has 0 aliphatic rings. The highest BCUT2D eigenvalue weighted by molar-refractivity contribution is 7.71. The number of carboxylic acids is 1. The van der Waals surface area contributed by atoms with Crippen LogP contribution in [0, 0.1) is 4.64 Å². The summed E-state index contributed by atoms with van der Waals surface area (Å²) in [5, 5.41) is 10.4. The molecule has 2 rings (SSSR count). The Labute approximate surface area is 85.0 Å². The van der Waals surface area contributed by atoms with Crippen LogP contribution in [0.25, 0.3) is 10.8 Å². The number of hydrogen-bond donors (Lipinski definition) is 2. The highest BCUT2D eigenvalue weighted by Gasteiger charge is 2.07. The van der Waals surface area contributed by atoms with Crippen molar-refractivity contribution in [2.75, 3.05) is 0 Å². The molecule has 1 heterocycles. The van der Waals surface area contributed by atoms with E-state index in [1.54, 1.807) is 18.2 Å². The van der Waals surface area contributed by atoms with Gasteiger partial charge < -0.3 is 10.1 Å². The maximum Gasteiger partial charge on any atom is 0.337 e. The SMILES string of the molecule is O=C(O)c1c[nH]c(=S)c2ccccc12. The standard InChI is InChI=1S/C10H7NO2S/c12-10(13)8-5-11-9(14)7-4-2-1-3-6(7)8/h1-5H,(H,11,14)(H,12,13). The van der Waals surface area contributed by atoms with Gasteiger partial charge in [0.2, 0.25) is 0 Å². The summed E-state index contributed by atoms with van der Waals surface area (Å²) < 4.78 is 0.561. The first-order chi connectivity index (χ1) is 6.70. The molecule has 0 saturated heterocycles. The normalized spacial score (nSPS) is 10.3. The molecule has 0 bridgehead atoms. The summed E-state index contributed by atoms with van der Waals surface area (Å²) in [4.78, 5) is 13.6. The fraction of sp³-hybridized carbons (Fsp3) is 0. The summed E-state index contributed by atoms with van der Waals surface area (Å²) in [6.45, 7) is 0. The molecule has 0 fully saturated rings. The summed E-state index contributed by atoms with van der Waals surface area (Å²) in [5.41, 5.74) is 0.245. The zero-order valence-corrected chi connectivity index (χ0v) is 7.97. The Morgan fingerprint density at radius 3 is 2.57 bits per heavy atom. The molecule has 0 amide bonds. The number of hydrogen-bond acceptors (Lipinski definition) is 2. The van der Waals surface area contributed by atoms with Crippen molar-refractivity contribution in [2.24, 2.45) is 0 Å². The lowest BCUT2D eigenvalue weighted by atomic mass is 10.1. The average Bonchev–Trinajstić information content (AvgIpc) is 2.18. The Morgan fingerprint density at radius 2 is 1.93 bits per heavy atom. The number of carboxylic acid groups (broad SMARTS) is 1. The lowest BCUT2D eigenvalue weighted by molar-refractivity contribution is 0.0698. The molecule has 0 aliphatic carbocycles. The maximum absolute atomic E-state index is 10.9. The minimum Gasteiger partial charge on any atom is -0.478 e. The fourth-order valence-corrected chi connectivity index (χ4v) is 1.62. The second-order valence-corrected chi connectivity index (χ2v) is 3.29. The third-order valence-corrected chi connectivity index (χ3v) is 2.38. The van der Waals surface area contributed by atoms with Crippen molar-refractivity contribution in [3.05, 3.63) is 40.7 Å². The number of benzene rings is 1. The number of fused-ring (bicyclic) bond motifs is 1. The highest BCUT2D eigenvalue weighted by Crippen LogP contribution is 2.18. The molecule has 14 heavy (non-hydrogen) atoms. The lowest BCUT2D eigenvalue weighted by Gasteiger charge is -2.01. The van der Waals surface area contributed by atoms with Crippen LogP contribution in [0.5, 0.6) is 0 Å². The second-order valence-electron chi connectivity index (χ2n) is 2.88. The van der Waals surface area contributed by atoms with Crippen molar-refractivity contribution in [1.29, 1.82) is 0 Å². The molecule has 0 atom stereocenters. The molecule has 1 aromatic heterocycles. The van der Waals surface area contributed by atoms with Gasteiger partial charge in [0.25, 0.3) is 0 Å². The minimum absolute atomic E-state index is 0.245. The summed E-state index contributed by atoms with van der Waals surface area (Å²) in [6.07, 6.45) is 1.42. The van der Waals surface area contributed by atoms with Gasteiger partial charge >= 0.3 is 5.97 Å². The molecular weight excluding hydrogens is 198 g/mol. The molecule has 0 radical (unpaired) electrons. The molecule has 0 aliphatic heterocycles. The molecule has 2 N–H and O–H groups in total. The van der Waals surface area contributed by atoms with Gasteiger partial charge in [-0.25, -0.2) is 4.79 Å². The lowest BCUT2D eigenvalue weighted by Crippen LogP contribution is -1.98. The Hall–Kier alpha value is -1.68. The molecule has 0 unspecified atom stereocenters. The third kappa shape index (κ3) is 1.29. The van der Waals surface area contributed by atoms with E-state index in [4.69, 9.17) is 17.3 Å². The van der Waals surface area contributed by atoms with Crippen molar-refractivity contribution >= 4 is 29.0 Å². The maximum atomic E-state index is 10.9. The number of pyridine rings is 1. The van der Waals surface area contributed by atoms with Gasteiger partial charge in [-0.3, -0.25) is 0 Å². The largest absolute Gasteiger partial charge is 0.478 e. The van der Waals surface area contributed by atoms with E-state index >= 15 is 0 Å². The van der Waals surface area contributed by atoms with Crippen LogP contribution in [-0.4, -0.2) is 16.1 Å². The zero-order chi connectivity index (χ0) is 10.1. The van der Waals surface area contributed by atoms with E-state index in [2.05, 4.69) is 4.98 Å². The van der Waals surface area contributed by atoms with E-state index in [1.165, 1.54) is 6.20 Å². The molecule has 0 spiro atoms. The summed E-state index contributed by atoms with van der Waals surface area (Å²) in [5.74, 6) is -0.951. The van der Waals surface area contributed by atoms with Crippen LogP contribution in [-0.2, 0) is 0 Å². The number of nitrogens with one attached hydrogen (secondary N) is 1. The van der Waals surface area contributed by atoms with Gasteiger partial charge in [-0.2, -0.15) is 0 Å². The fourth-order valence-electron chi connectivity index (χ4n) is 1.39. The van der Waals surface area contributed by atoms with Crippen molar-refractivity contribution in [2.45, 2.75) is 0 Å². The average molecular weight is 205 g/mol. The molecule has 1 aromatic carbocycles. The van der Waals surface area contributed by atoms with E-state index < -0.39 is 5.97 Å². The topological polar surface area (TPSA) is 53.1 Å². The van der Waals surface area contributed by atoms with E-state index in [0.29, 0.717) is 10.0 Å². The van der Waals surface area contributed by atoms with E-state index in [9.17, 15) is 4.79 Å². The molecule has 70 valence electrons. The predicted molar refractivity (Wildman–Crippen MR) is 56.1 cm³/mol. The van der Waals surface area contributed by atoms with E-state index in [-0.39, 0.29) is 5.56 Å². The molecular formula is C10H7NO2S. The summed E-state index contributed by atoms with van der Waals surface area (Å²) in [6, 6.07) is 7.18. The molecule has 3 nitrogen and oxygen atoms in total. The van der Waals surface area contributed by atoms with Gasteiger partial charge in [-0.15, -0.1) is 0 Å². The Kier molecular flexibility index (Phi) is 2.05. The van der Waals surface area contributed by atoms with Crippen LogP contribution in [0.15, 0.2) is 30.5 Å². The first-order valence-corrected chi connectivity index (χ1v) is 4.44. The van der Waals surface area contributed by atoms with Crippen molar-refractivity contribution in [1.82, 2.24) is 4.98 Å². The van der Waals surface area contributed by atoms with E-state index in [0.717, 1.165) is 5.39 Å². The number of rotatable bonds is 1. The highest BCUT2D eigenvalue weighted by atomic mass is 32.1. The van der Waals surface area contributed by atoms with Crippen LogP contribution in [0.4, 0.5) is 0 Å². The summed E-state index contributed by atoms with van der Waals surface area (Å²) in [7, 11) is 0. The number of aromatic nitrogens is 1. The molecule has 2 aromatic rings. The minimum atomic E-state index is -0.951. The first kappa shape index (κ1) is 8.90. The first-order valence-electron chi connectivity index (χ1n) is 4.04. The van der Waals surface area contributed by atoms with E-state index in [1.807, 2.05) is 6.07 Å². The number of aromatic amines is 1. The van der Waals surface area contributed by atoms with Gasteiger partial charge in [-0.1, -0.05) is 36.5 Å². The Bertz CT molecular complexity index is 559. The summed E-state index contributed by atoms with van der Waals surface area (Å²) >= 11 is 5.05. The van der Waals surface area contributed by atoms with Gasteiger partial charge in [0.05, 0.1) is 5.56 Å². The van der Waals surface area contributed by atoms with Crippen LogP contribution >= 0.6 is 12.2 Å². The van der Waals surface area contributed by atoms with Gasteiger partial charge in [0, 0.05) is 17.0 Å². The Morgan fingerprint density at radius 1 is 1.29 bits per heavy atom. The third-order valence-electron chi connectivity index (χ3n) is 2.04. The van der Waals surface area contributed by atoms with Crippen LogP contribution in [0.2, 0.25) is 0 Å². The van der Waals surface area contributed by atoms with Crippen molar-refractivity contribution in [3.63, 3.8) is 0 Å². The molecule has 4 heteroatoms. The van der Waals surface area contributed by atoms with Crippen LogP contribution in [0.1, 0.15) is 10.4 Å². The Balaban J connectivity index is 2.96. The number of H-pyrrole nitrogens is 1. The zero-order valence-electron chi connectivity index (χ0n) is 7.15. The van der Waals surface area contributed by atoms with Gasteiger partial charge in [-0.05, 0) is 0 Å². The monoisotopic (exact) mass is 205 g/mol. The van der Waals surface area contributed by atoms with Gasteiger partial charge in [0.1, 0.15) is 4.64 Å². The van der Waals surface area contributed by atoms with Gasteiger partial charge in [0.15, 0.2) is 0 Å². The van der Waals surface area contributed by atoms with Crippen molar-refractivity contribution < 1.29 is 9.90 Å². The quantitative estimate of drug-likeness (QED) is 0.703. The number of aromatic carboxylic acids is 1. The molecule has 0 saturated carbocycles. The smallest absolute Gasteiger partial charge is 0.337 e.